The van der Waals surface area contributed by atoms with E-state index in [0.717, 1.165) is 43.4 Å². The van der Waals surface area contributed by atoms with E-state index >= 15 is 8.42 Å². The summed E-state index contributed by atoms with van der Waals surface area (Å²) in [7, 11) is -9.54. The van der Waals surface area contributed by atoms with Crippen molar-refractivity contribution >= 4 is 74.1 Å². The Balaban J connectivity index is 1.35. The van der Waals surface area contributed by atoms with Gasteiger partial charge in [0.15, 0.2) is 5.75 Å². The number of hydrogen-bond acceptors (Lipinski definition) is 5. The van der Waals surface area contributed by atoms with Crippen LogP contribution >= 0.6 is 0 Å². The van der Waals surface area contributed by atoms with Gasteiger partial charge in [-0.1, -0.05) is 176 Å². The van der Waals surface area contributed by atoms with Gasteiger partial charge in [0.1, 0.15) is 9.79 Å². The van der Waals surface area contributed by atoms with Crippen LogP contribution in [0.2, 0.25) is 0 Å². The molecule has 0 heterocycles. The minimum Gasteiger partial charge on any atom is -0.378 e. The summed E-state index contributed by atoms with van der Waals surface area (Å²) in [6.07, 6.45) is 0. The van der Waals surface area contributed by atoms with E-state index in [0.29, 0.717) is 22.3 Å². The number of fused-ring (bicyclic) bond motifs is 5. The number of hydrogen-bond donors (Lipinski definition) is 1. The highest BCUT2D eigenvalue weighted by atomic mass is 32.2. The summed E-state index contributed by atoms with van der Waals surface area (Å²) in [5.41, 5.74) is 4.01. The Labute approximate surface area is 335 Å². The van der Waals surface area contributed by atoms with Crippen LogP contribution in [0.25, 0.3) is 87.2 Å². The van der Waals surface area contributed by atoms with Crippen molar-refractivity contribution in [3.8, 4) is 39.1 Å². The first-order chi connectivity index (χ1) is 28.2. The van der Waals surface area contributed by atoms with Gasteiger partial charge in [0.25, 0.3) is 10.1 Å². The molecule has 6 nitrogen and oxygen atoms in total. The summed E-state index contributed by atoms with van der Waals surface area (Å²) < 4.78 is 74.2. The fourth-order valence-electron chi connectivity index (χ4n) is 8.42. The van der Waals surface area contributed by atoms with Crippen molar-refractivity contribution in [2.75, 3.05) is 0 Å². The Morgan fingerprint density at radius 1 is 0.345 bits per heavy atom. The molecule has 0 unspecified atom stereocenters. The van der Waals surface area contributed by atoms with Crippen LogP contribution in [0.3, 0.4) is 0 Å². The third kappa shape index (κ3) is 5.89. The molecule has 280 valence electrons. The zero-order valence-corrected chi connectivity index (χ0v) is 32.3. The Morgan fingerprint density at radius 3 is 1.12 bits per heavy atom. The van der Waals surface area contributed by atoms with Gasteiger partial charge in [0, 0.05) is 32.7 Å². The molecular weight excluding hydrogens is 761 g/mol. The van der Waals surface area contributed by atoms with E-state index < -0.39 is 20.2 Å². The van der Waals surface area contributed by atoms with Gasteiger partial charge in [-0.25, -0.2) is 0 Å². The van der Waals surface area contributed by atoms with Crippen molar-refractivity contribution < 1.29 is 25.6 Å². The van der Waals surface area contributed by atoms with Crippen LogP contribution in [0.4, 0.5) is 0 Å². The molecule has 0 bridgehead atoms. The van der Waals surface area contributed by atoms with Gasteiger partial charge in [-0.3, -0.25) is 4.55 Å². The summed E-state index contributed by atoms with van der Waals surface area (Å²) in [6, 6.07) is 58.4. The van der Waals surface area contributed by atoms with Crippen LogP contribution < -0.4 is 4.18 Å². The molecule has 10 aromatic carbocycles. The lowest BCUT2D eigenvalue weighted by Crippen LogP contribution is -2.14. The second-order valence-electron chi connectivity index (χ2n) is 14.2. The fourth-order valence-corrected chi connectivity index (χ4v) is 10.7. The summed E-state index contributed by atoms with van der Waals surface area (Å²) in [5.74, 6) is -0.0514. The van der Waals surface area contributed by atoms with Crippen molar-refractivity contribution in [2.24, 2.45) is 0 Å². The molecule has 10 aromatic rings. The van der Waals surface area contributed by atoms with Gasteiger partial charge in [0.05, 0.1) is 0 Å². The van der Waals surface area contributed by atoms with Crippen molar-refractivity contribution in [2.45, 2.75) is 9.79 Å². The Bertz CT molecular complexity index is 3370. The molecule has 0 amide bonds. The van der Waals surface area contributed by atoms with E-state index in [4.69, 9.17) is 4.18 Å². The predicted molar refractivity (Wildman–Crippen MR) is 234 cm³/mol. The average molecular weight is 793 g/mol. The highest BCUT2D eigenvalue weighted by Gasteiger charge is 2.32. The molecule has 58 heavy (non-hydrogen) atoms. The third-order valence-corrected chi connectivity index (χ3v) is 13.2. The second kappa shape index (κ2) is 13.7. The van der Waals surface area contributed by atoms with Crippen molar-refractivity contribution in [3.63, 3.8) is 0 Å². The summed E-state index contributed by atoms with van der Waals surface area (Å²) >= 11 is 0. The summed E-state index contributed by atoms with van der Waals surface area (Å²) in [4.78, 5) is -0.369. The molecule has 0 fully saturated rings. The van der Waals surface area contributed by atoms with Gasteiger partial charge in [0.2, 0.25) is 0 Å². The lowest BCUT2D eigenvalue weighted by atomic mass is 9.88. The zero-order valence-electron chi connectivity index (χ0n) is 30.7. The summed E-state index contributed by atoms with van der Waals surface area (Å²) in [6.45, 7) is 0. The SMILES string of the molecule is O=S(=O)(O)c1c2ccccc2c(OS(=O)(=O)c2c(-c3cccc4ccccc34)cc(-c3cccc4ccccc34)cc2-c2cccc3ccccc23)c2ccccc12. The molecule has 8 heteroatoms. The van der Waals surface area contributed by atoms with Crippen molar-refractivity contribution in [3.05, 3.63) is 188 Å². The lowest BCUT2D eigenvalue weighted by molar-refractivity contribution is 0.485. The topological polar surface area (TPSA) is 97.7 Å². The molecule has 0 radical (unpaired) electrons. The highest BCUT2D eigenvalue weighted by molar-refractivity contribution is 7.87. The first kappa shape index (κ1) is 35.6. The maximum atomic E-state index is 15.7. The minimum atomic E-state index is -4.79. The summed E-state index contributed by atoms with van der Waals surface area (Å²) in [5, 5.41) is 6.32. The van der Waals surface area contributed by atoms with Gasteiger partial charge >= 0.3 is 10.1 Å². The average Bonchev–Trinajstić information content (AvgIpc) is 3.24. The molecule has 0 atom stereocenters. The number of benzene rings is 10. The van der Waals surface area contributed by atoms with E-state index in [9.17, 15) is 13.0 Å². The quantitative estimate of drug-likeness (QED) is 0.0980. The van der Waals surface area contributed by atoms with E-state index in [1.165, 1.54) is 12.1 Å². The van der Waals surface area contributed by atoms with Crippen molar-refractivity contribution in [1.29, 1.82) is 0 Å². The fraction of sp³-hybridized carbons (Fsp3) is 0. The Morgan fingerprint density at radius 2 is 0.690 bits per heavy atom. The molecule has 0 aliphatic rings. The molecule has 10 rings (SSSR count). The van der Waals surface area contributed by atoms with Gasteiger partial charge in [-0.2, -0.15) is 16.8 Å². The molecule has 1 N–H and O–H groups in total. The Kier molecular flexibility index (Phi) is 8.38. The monoisotopic (exact) mass is 792 g/mol. The van der Waals surface area contributed by atoms with E-state index in [1.54, 1.807) is 36.4 Å². The zero-order chi connectivity index (χ0) is 39.6. The van der Waals surface area contributed by atoms with E-state index in [1.807, 2.05) is 115 Å². The normalized spacial score (nSPS) is 12.2. The van der Waals surface area contributed by atoms with Gasteiger partial charge < -0.3 is 4.18 Å². The van der Waals surface area contributed by atoms with Crippen LogP contribution in [0.1, 0.15) is 0 Å². The van der Waals surface area contributed by atoms with Gasteiger partial charge in [-0.15, -0.1) is 0 Å². The van der Waals surface area contributed by atoms with Crippen LogP contribution in [0.15, 0.2) is 198 Å². The number of rotatable bonds is 7. The molecule has 0 saturated heterocycles. The van der Waals surface area contributed by atoms with Gasteiger partial charge in [-0.05, 0) is 66.7 Å². The van der Waals surface area contributed by atoms with Crippen LogP contribution in [0, 0.1) is 0 Å². The van der Waals surface area contributed by atoms with Crippen LogP contribution in [0.5, 0.6) is 5.75 Å². The molecule has 0 aliphatic heterocycles. The molecule has 0 aliphatic carbocycles. The highest BCUT2D eigenvalue weighted by Crippen LogP contribution is 2.47. The predicted octanol–water partition coefficient (Wildman–Crippen LogP) is 12.5. The lowest BCUT2D eigenvalue weighted by Gasteiger charge is -2.22. The molecule has 0 aromatic heterocycles. The Hall–Kier alpha value is -6.84. The van der Waals surface area contributed by atoms with E-state index in [-0.39, 0.29) is 37.1 Å². The van der Waals surface area contributed by atoms with Crippen molar-refractivity contribution in [1.82, 2.24) is 0 Å². The smallest absolute Gasteiger partial charge is 0.340 e. The first-order valence-electron chi connectivity index (χ1n) is 18.7. The molecule has 0 spiro atoms. The second-order valence-corrected chi connectivity index (χ2v) is 17.1. The molecular formula is C50H32O6S2. The maximum Gasteiger partial charge on any atom is 0.340 e. The maximum absolute atomic E-state index is 15.7. The minimum absolute atomic E-state index is 0.0452. The molecule has 0 saturated carbocycles. The standard InChI is InChI=1S/C50H32O6S2/c51-57(52,53)49-44-25-9-7-23-42(44)48(43-24-8-10-26-45(43)49)56-58(54,55)50-46(40-28-12-18-33-15-2-5-21-37(33)40)30-35(39-27-11-17-32-14-1-4-20-36(32)39)31-47(50)41-29-13-19-34-16-3-6-22-38(34)41/h1-31H,(H,51,52,53). The van der Waals surface area contributed by atoms with Crippen LogP contribution in [-0.4, -0.2) is 21.4 Å². The van der Waals surface area contributed by atoms with Crippen LogP contribution in [-0.2, 0) is 20.2 Å². The third-order valence-electron chi connectivity index (χ3n) is 10.9. The first-order valence-corrected chi connectivity index (χ1v) is 21.5. The van der Waals surface area contributed by atoms with E-state index in [2.05, 4.69) is 24.3 Å². The largest absolute Gasteiger partial charge is 0.378 e.